The van der Waals surface area contributed by atoms with Crippen LogP contribution in [0, 0.1) is 0 Å². The Hall–Kier alpha value is -2.79. The molecule has 2 rings (SSSR count). The van der Waals surface area contributed by atoms with Gasteiger partial charge >= 0.3 is 0 Å². The molecule has 2 aromatic carbocycles. The summed E-state index contributed by atoms with van der Waals surface area (Å²) < 4.78 is 5.47. The second-order valence-electron chi connectivity index (χ2n) is 7.50. The Bertz CT molecular complexity index is 814. The number of carbonyl (C=O) groups excluding carboxylic acids is 1. The number of unbranched alkanes of at least 4 members (excludes halogenated alkanes) is 5. The van der Waals surface area contributed by atoms with E-state index < -0.39 is 6.29 Å². The molecule has 0 aliphatic rings. The fourth-order valence-electron chi connectivity index (χ4n) is 3.16. The Morgan fingerprint density at radius 1 is 1.07 bits per heavy atom. The van der Waals surface area contributed by atoms with Crippen LogP contribution in [0.5, 0.6) is 11.5 Å². The zero-order valence-electron chi connectivity index (χ0n) is 17.7. The van der Waals surface area contributed by atoms with Crippen molar-refractivity contribution in [3.8, 4) is 11.5 Å². The van der Waals surface area contributed by atoms with Gasteiger partial charge in [0.2, 0.25) is 6.29 Å². The molecule has 0 aliphatic heterocycles. The van der Waals surface area contributed by atoms with Gasteiger partial charge < -0.3 is 20.7 Å². The highest BCUT2D eigenvalue weighted by molar-refractivity contribution is 5.98. The molecule has 0 spiro atoms. The summed E-state index contributed by atoms with van der Waals surface area (Å²) in [6, 6.07) is 12.1. The molecule has 1 unspecified atom stereocenters. The fourth-order valence-corrected chi connectivity index (χ4v) is 3.16. The Kier molecular flexibility index (Phi) is 9.95. The Morgan fingerprint density at radius 2 is 1.77 bits per heavy atom. The van der Waals surface area contributed by atoms with Crippen molar-refractivity contribution in [3.63, 3.8) is 0 Å². The van der Waals surface area contributed by atoms with Crippen molar-refractivity contribution in [1.29, 1.82) is 0 Å². The number of aromatic hydroxyl groups is 1. The predicted molar refractivity (Wildman–Crippen MR) is 121 cm³/mol. The van der Waals surface area contributed by atoms with Crippen molar-refractivity contribution in [1.82, 2.24) is 0 Å². The number of phenolic OH excluding ortho intramolecular Hbond substituents is 1. The molecule has 162 valence electrons. The summed E-state index contributed by atoms with van der Waals surface area (Å²) in [5.41, 5.74) is 7.44. The maximum Gasteiger partial charge on any atom is 0.217 e. The van der Waals surface area contributed by atoms with Gasteiger partial charge in [-0.1, -0.05) is 57.2 Å². The van der Waals surface area contributed by atoms with E-state index in [9.17, 15) is 15.0 Å². The standard InChI is InChI=1S/C25H33NO4/c1-2-3-4-5-6-7-9-19-12-15-21(16-13-19)30-25(29)11-8-10-23(27)20-14-17-24(28)22(26)18-20/h8,11-18,25,28-29H,2-7,9-10,26H2,1H3. The number of phenols is 1. The van der Waals surface area contributed by atoms with E-state index in [0.29, 0.717) is 11.3 Å². The first-order chi connectivity index (χ1) is 14.5. The molecule has 0 aromatic heterocycles. The molecule has 0 saturated carbocycles. The van der Waals surface area contributed by atoms with Gasteiger partial charge in [-0.05, 0) is 54.8 Å². The maximum atomic E-state index is 12.1. The smallest absolute Gasteiger partial charge is 0.217 e. The fraction of sp³-hybridized carbons (Fsp3) is 0.400. The second kappa shape index (κ2) is 12.7. The predicted octanol–water partition coefficient (Wildman–Crippen LogP) is 5.40. The molecule has 0 heterocycles. The minimum absolute atomic E-state index is 0.0519. The van der Waals surface area contributed by atoms with E-state index in [0.717, 1.165) is 6.42 Å². The van der Waals surface area contributed by atoms with E-state index in [1.807, 2.05) is 24.3 Å². The highest BCUT2D eigenvalue weighted by Gasteiger charge is 2.07. The van der Waals surface area contributed by atoms with Gasteiger partial charge in [-0.2, -0.15) is 0 Å². The van der Waals surface area contributed by atoms with Crippen LogP contribution in [0.2, 0.25) is 0 Å². The van der Waals surface area contributed by atoms with E-state index >= 15 is 0 Å². The van der Waals surface area contributed by atoms with Crippen molar-refractivity contribution in [2.75, 3.05) is 5.73 Å². The molecule has 0 fully saturated rings. The van der Waals surface area contributed by atoms with Crippen LogP contribution in [-0.4, -0.2) is 22.3 Å². The normalized spacial score (nSPS) is 12.2. The molecule has 5 heteroatoms. The number of Topliss-reactive ketones (excluding diaryl/α,β-unsaturated/α-hetero) is 1. The number of nitrogen functional groups attached to an aromatic ring is 1. The van der Waals surface area contributed by atoms with Gasteiger partial charge in [-0.15, -0.1) is 0 Å². The summed E-state index contributed by atoms with van der Waals surface area (Å²) in [5.74, 6) is 0.365. The number of ketones is 1. The second-order valence-corrected chi connectivity index (χ2v) is 7.50. The Balaban J connectivity index is 1.72. The number of benzene rings is 2. The van der Waals surface area contributed by atoms with E-state index in [-0.39, 0.29) is 23.6 Å². The van der Waals surface area contributed by atoms with Crippen LogP contribution in [0.25, 0.3) is 0 Å². The summed E-state index contributed by atoms with van der Waals surface area (Å²) in [4.78, 5) is 12.1. The van der Waals surface area contributed by atoms with Crippen molar-refractivity contribution in [2.24, 2.45) is 0 Å². The van der Waals surface area contributed by atoms with Gasteiger partial charge in [0.15, 0.2) is 5.78 Å². The van der Waals surface area contributed by atoms with Crippen LogP contribution >= 0.6 is 0 Å². The first-order valence-electron chi connectivity index (χ1n) is 10.7. The van der Waals surface area contributed by atoms with Crippen molar-refractivity contribution >= 4 is 11.5 Å². The number of anilines is 1. The molecule has 0 saturated heterocycles. The summed E-state index contributed by atoms with van der Waals surface area (Å²) >= 11 is 0. The first-order valence-corrected chi connectivity index (χ1v) is 10.7. The lowest BCUT2D eigenvalue weighted by Crippen LogP contribution is -2.12. The number of aliphatic hydroxyl groups excluding tert-OH is 1. The zero-order valence-corrected chi connectivity index (χ0v) is 17.7. The molecule has 0 radical (unpaired) electrons. The molecule has 0 amide bonds. The quantitative estimate of drug-likeness (QED) is 0.102. The van der Waals surface area contributed by atoms with Crippen LogP contribution in [-0.2, 0) is 6.42 Å². The molecular weight excluding hydrogens is 378 g/mol. The molecule has 0 bridgehead atoms. The zero-order chi connectivity index (χ0) is 21.8. The first kappa shape index (κ1) is 23.5. The minimum Gasteiger partial charge on any atom is -0.506 e. The lowest BCUT2D eigenvalue weighted by Gasteiger charge is -2.10. The number of rotatable bonds is 13. The molecule has 2 aromatic rings. The average Bonchev–Trinajstić information content (AvgIpc) is 2.73. The van der Waals surface area contributed by atoms with Gasteiger partial charge in [0.05, 0.1) is 5.69 Å². The lowest BCUT2D eigenvalue weighted by molar-refractivity contribution is 0.0246. The summed E-state index contributed by atoms with van der Waals surface area (Å²) in [7, 11) is 0. The molecule has 30 heavy (non-hydrogen) atoms. The largest absolute Gasteiger partial charge is 0.506 e. The number of hydrogen-bond donors (Lipinski definition) is 3. The van der Waals surface area contributed by atoms with Gasteiger partial charge in [-0.3, -0.25) is 4.79 Å². The molecule has 0 aliphatic carbocycles. The highest BCUT2D eigenvalue weighted by atomic mass is 16.6. The summed E-state index contributed by atoms with van der Waals surface area (Å²) in [5, 5.41) is 19.4. The van der Waals surface area contributed by atoms with Crippen LogP contribution in [0.15, 0.2) is 54.6 Å². The number of carbonyl (C=O) groups is 1. The highest BCUT2D eigenvalue weighted by Crippen LogP contribution is 2.21. The average molecular weight is 412 g/mol. The summed E-state index contributed by atoms with van der Waals surface area (Å²) in [6.45, 7) is 2.23. The third kappa shape index (κ3) is 8.29. The SMILES string of the molecule is CCCCCCCCc1ccc(OC(O)C=CCC(=O)c2ccc(O)c(N)c2)cc1. The minimum atomic E-state index is -1.13. The van der Waals surface area contributed by atoms with Gasteiger partial charge in [-0.25, -0.2) is 0 Å². The van der Waals surface area contributed by atoms with Crippen molar-refractivity contribution < 1.29 is 19.7 Å². The van der Waals surface area contributed by atoms with Crippen LogP contribution in [0.4, 0.5) is 5.69 Å². The third-order valence-electron chi connectivity index (χ3n) is 4.95. The molecule has 4 N–H and O–H groups in total. The van der Waals surface area contributed by atoms with E-state index in [1.165, 1.54) is 68.4 Å². The lowest BCUT2D eigenvalue weighted by atomic mass is 10.0. The number of nitrogens with two attached hydrogens (primary N) is 1. The Morgan fingerprint density at radius 3 is 2.47 bits per heavy atom. The van der Waals surface area contributed by atoms with E-state index in [4.69, 9.17) is 10.5 Å². The Labute approximate surface area is 179 Å². The van der Waals surface area contributed by atoms with Gasteiger partial charge in [0.1, 0.15) is 11.5 Å². The number of ether oxygens (including phenoxy) is 1. The third-order valence-corrected chi connectivity index (χ3v) is 4.95. The van der Waals surface area contributed by atoms with Crippen molar-refractivity contribution in [3.05, 3.63) is 65.7 Å². The molecular formula is C25H33NO4. The van der Waals surface area contributed by atoms with Crippen LogP contribution in [0.3, 0.4) is 0 Å². The van der Waals surface area contributed by atoms with Crippen LogP contribution in [0.1, 0.15) is 67.8 Å². The van der Waals surface area contributed by atoms with Crippen LogP contribution < -0.4 is 10.5 Å². The number of aryl methyl sites for hydroxylation is 1. The summed E-state index contributed by atoms with van der Waals surface area (Å²) in [6.07, 6.45) is 10.7. The molecule has 1 atom stereocenters. The number of hydrogen-bond acceptors (Lipinski definition) is 5. The van der Waals surface area contributed by atoms with Gasteiger partial charge in [0.25, 0.3) is 0 Å². The molecule has 5 nitrogen and oxygen atoms in total. The van der Waals surface area contributed by atoms with Crippen molar-refractivity contribution in [2.45, 2.75) is 64.6 Å². The maximum absolute atomic E-state index is 12.1. The van der Waals surface area contributed by atoms with E-state index in [1.54, 1.807) is 6.08 Å². The number of aliphatic hydroxyl groups is 1. The van der Waals surface area contributed by atoms with Gasteiger partial charge in [0, 0.05) is 12.0 Å². The topological polar surface area (TPSA) is 92.8 Å². The number of allylic oxidation sites excluding steroid dienone is 1. The van der Waals surface area contributed by atoms with E-state index in [2.05, 4.69) is 6.92 Å². The monoisotopic (exact) mass is 411 g/mol.